The summed E-state index contributed by atoms with van der Waals surface area (Å²) in [5.74, 6) is -2.96. The van der Waals surface area contributed by atoms with Crippen molar-refractivity contribution in [2.45, 2.75) is 76.7 Å². The van der Waals surface area contributed by atoms with Gasteiger partial charge in [0.15, 0.2) is 0 Å². The minimum Gasteiger partial charge on any atom is -0.480 e. The third-order valence-corrected chi connectivity index (χ3v) is 7.51. The van der Waals surface area contributed by atoms with E-state index in [0.29, 0.717) is 12.2 Å². The summed E-state index contributed by atoms with van der Waals surface area (Å²) in [4.78, 5) is 64.4. The minimum absolute atomic E-state index is 0.00183. The van der Waals surface area contributed by atoms with Gasteiger partial charge in [-0.1, -0.05) is 74.5 Å². The molecule has 12 heteroatoms. The third-order valence-electron chi connectivity index (χ3n) is 6.87. The third kappa shape index (κ3) is 12.8. The lowest BCUT2D eigenvalue weighted by Gasteiger charge is -2.26. The molecule has 240 valence electrons. The zero-order chi connectivity index (χ0) is 32.6. The Balaban J connectivity index is 2.16. The van der Waals surface area contributed by atoms with Crippen molar-refractivity contribution < 1.29 is 29.1 Å². The quantitative estimate of drug-likeness (QED) is 0.144. The molecule has 4 amide bonds. The van der Waals surface area contributed by atoms with E-state index in [1.54, 1.807) is 12.1 Å². The lowest BCUT2D eigenvalue weighted by Crippen LogP contribution is -2.58. The standard InChI is InChI=1S/C32H45N5O6S/c1-20(2)17-26(30(40)35-25(32(42)43)15-16-44-4)37-31(41)27(19-23-13-9-6-10-14-23)36-28(38)21(3)34-29(39)24(33)18-22-11-7-5-8-12-22/h5-14,20-21,24-27H,15-19,33H2,1-4H3,(H,34,39)(H,35,40)(H,36,38)(H,37,41)(H,42,43)/t21-,24-,25-,26-,27-/m0/s1. The molecule has 0 aliphatic carbocycles. The molecular weight excluding hydrogens is 582 g/mol. The zero-order valence-corrected chi connectivity index (χ0v) is 26.6. The highest BCUT2D eigenvalue weighted by Crippen LogP contribution is 2.10. The van der Waals surface area contributed by atoms with Crippen LogP contribution in [-0.2, 0) is 36.8 Å². The van der Waals surface area contributed by atoms with Crippen molar-refractivity contribution in [2.75, 3.05) is 12.0 Å². The SMILES string of the molecule is CSCC[C@H](NC(=O)[C@H](CC(C)C)NC(=O)[C@H](Cc1ccccc1)NC(=O)[C@H](C)NC(=O)[C@@H](N)Cc1ccccc1)C(=O)O. The second-order valence-corrected chi connectivity index (χ2v) is 12.1. The number of nitrogens with one attached hydrogen (secondary N) is 4. The van der Waals surface area contributed by atoms with Crippen molar-refractivity contribution in [1.29, 1.82) is 0 Å². The van der Waals surface area contributed by atoms with Gasteiger partial charge in [-0.3, -0.25) is 19.2 Å². The van der Waals surface area contributed by atoms with Gasteiger partial charge < -0.3 is 32.1 Å². The molecule has 0 aliphatic rings. The number of aliphatic carboxylic acids is 1. The van der Waals surface area contributed by atoms with Gasteiger partial charge in [0.05, 0.1) is 6.04 Å². The Morgan fingerprint density at radius 1 is 0.705 bits per heavy atom. The fraction of sp³-hybridized carbons (Fsp3) is 0.469. The van der Waals surface area contributed by atoms with Crippen molar-refractivity contribution in [3.05, 3.63) is 71.8 Å². The first-order valence-electron chi connectivity index (χ1n) is 14.7. The molecule has 0 aliphatic heterocycles. The van der Waals surface area contributed by atoms with E-state index in [2.05, 4.69) is 21.3 Å². The van der Waals surface area contributed by atoms with Gasteiger partial charge in [0.2, 0.25) is 23.6 Å². The van der Waals surface area contributed by atoms with Crippen LogP contribution in [0.2, 0.25) is 0 Å². The fourth-order valence-corrected chi connectivity index (χ4v) is 4.91. The average molecular weight is 628 g/mol. The topological polar surface area (TPSA) is 180 Å². The second-order valence-electron chi connectivity index (χ2n) is 11.1. The van der Waals surface area contributed by atoms with Gasteiger partial charge in [-0.15, -0.1) is 0 Å². The van der Waals surface area contributed by atoms with Crippen LogP contribution in [0, 0.1) is 5.92 Å². The molecule has 0 aromatic heterocycles. The number of hydrogen-bond acceptors (Lipinski definition) is 7. The smallest absolute Gasteiger partial charge is 0.326 e. The number of rotatable bonds is 18. The Labute approximate surface area is 263 Å². The molecule has 2 aromatic rings. The van der Waals surface area contributed by atoms with Crippen LogP contribution in [0.25, 0.3) is 0 Å². The number of nitrogens with two attached hydrogens (primary N) is 1. The largest absolute Gasteiger partial charge is 0.480 e. The second kappa shape index (κ2) is 18.7. The lowest BCUT2D eigenvalue weighted by atomic mass is 10.0. The molecular formula is C32H45N5O6S. The number of carboxylic acids is 1. The first-order valence-corrected chi connectivity index (χ1v) is 16.1. The Morgan fingerprint density at radius 2 is 1.20 bits per heavy atom. The maximum absolute atomic E-state index is 13.6. The number of carbonyl (C=O) groups is 5. The summed E-state index contributed by atoms with van der Waals surface area (Å²) in [5.41, 5.74) is 7.71. The number of carbonyl (C=O) groups excluding carboxylic acids is 4. The van der Waals surface area contributed by atoms with Crippen molar-refractivity contribution in [3.63, 3.8) is 0 Å². The fourth-order valence-electron chi connectivity index (χ4n) is 4.44. The Morgan fingerprint density at radius 3 is 1.73 bits per heavy atom. The van der Waals surface area contributed by atoms with E-state index in [9.17, 15) is 29.1 Å². The van der Waals surface area contributed by atoms with E-state index in [1.807, 2.05) is 68.6 Å². The summed E-state index contributed by atoms with van der Waals surface area (Å²) in [5, 5.41) is 20.2. The Hall–Kier alpha value is -3.90. The van der Waals surface area contributed by atoms with Crippen molar-refractivity contribution in [3.8, 4) is 0 Å². The summed E-state index contributed by atoms with van der Waals surface area (Å²) in [6, 6.07) is 13.2. The molecule has 0 unspecified atom stereocenters. The van der Waals surface area contributed by atoms with Gasteiger partial charge in [0, 0.05) is 6.42 Å². The molecule has 2 rings (SSSR count). The maximum Gasteiger partial charge on any atom is 0.326 e. The normalized spacial score (nSPS) is 14.4. The summed E-state index contributed by atoms with van der Waals surface area (Å²) in [6.07, 6.45) is 2.74. The molecule has 11 nitrogen and oxygen atoms in total. The van der Waals surface area contributed by atoms with E-state index < -0.39 is 59.8 Å². The number of benzene rings is 2. The summed E-state index contributed by atoms with van der Waals surface area (Å²) in [6.45, 7) is 5.26. The monoisotopic (exact) mass is 627 g/mol. The average Bonchev–Trinajstić information content (AvgIpc) is 2.98. The van der Waals surface area contributed by atoms with Gasteiger partial charge in [0.1, 0.15) is 24.2 Å². The zero-order valence-electron chi connectivity index (χ0n) is 25.7. The van der Waals surface area contributed by atoms with Crippen LogP contribution < -0.4 is 27.0 Å². The minimum atomic E-state index is -1.16. The maximum atomic E-state index is 13.6. The molecule has 0 spiro atoms. The van der Waals surface area contributed by atoms with Gasteiger partial charge in [-0.2, -0.15) is 11.8 Å². The van der Waals surface area contributed by atoms with Crippen molar-refractivity contribution in [2.24, 2.45) is 11.7 Å². The molecule has 0 bridgehead atoms. The van der Waals surface area contributed by atoms with Gasteiger partial charge in [-0.05, 0) is 55.2 Å². The number of hydrogen-bond donors (Lipinski definition) is 6. The Bertz CT molecular complexity index is 1230. The first-order chi connectivity index (χ1) is 20.9. The molecule has 0 saturated carbocycles. The Kier molecular flexibility index (Phi) is 15.4. The van der Waals surface area contributed by atoms with Crippen molar-refractivity contribution >= 4 is 41.4 Å². The molecule has 44 heavy (non-hydrogen) atoms. The van der Waals surface area contributed by atoms with Gasteiger partial charge in [-0.25, -0.2) is 4.79 Å². The van der Waals surface area contributed by atoms with Crippen LogP contribution in [0.15, 0.2) is 60.7 Å². The highest BCUT2D eigenvalue weighted by Gasteiger charge is 2.31. The van der Waals surface area contributed by atoms with Crippen LogP contribution in [0.1, 0.15) is 44.7 Å². The highest BCUT2D eigenvalue weighted by atomic mass is 32.2. The number of thioether (sulfide) groups is 1. The van der Waals surface area contributed by atoms with E-state index in [-0.39, 0.29) is 25.2 Å². The molecule has 0 heterocycles. The predicted molar refractivity (Wildman–Crippen MR) is 172 cm³/mol. The highest BCUT2D eigenvalue weighted by molar-refractivity contribution is 7.98. The van der Waals surface area contributed by atoms with Crippen molar-refractivity contribution in [1.82, 2.24) is 21.3 Å². The molecule has 0 fully saturated rings. The first kappa shape index (κ1) is 36.3. The molecule has 0 saturated heterocycles. The number of carboxylic acid groups (broad SMARTS) is 1. The van der Waals surface area contributed by atoms with Gasteiger partial charge in [0.25, 0.3) is 0 Å². The van der Waals surface area contributed by atoms with Crippen LogP contribution in [0.3, 0.4) is 0 Å². The van der Waals surface area contributed by atoms with Crippen LogP contribution in [0.4, 0.5) is 0 Å². The van der Waals surface area contributed by atoms with Crippen LogP contribution in [0.5, 0.6) is 0 Å². The van der Waals surface area contributed by atoms with E-state index >= 15 is 0 Å². The molecule has 2 aromatic carbocycles. The summed E-state index contributed by atoms with van der Waals surface area (Å²) < 4.78 is 0. The van der Waals surface area contributed by atoms with Crippen LogP contribution >= 0.6 is 11.8 Å². The van der Waals surface area contributed by atoms with E-state index in [4.69, 9.17) is 5.73 Å². The van der Waals surface area contributed by atoms with Gasteiger partial charge >= 0.3 is 5.97 Å². The lowest BCUT2D eigenvalue weighted by molar-refractivity contribution is -0.142. The van der Waals surface area contributed by atoms with E-state index in [0.717, 1.165) is 11.1 Å². The number of amides is 4. The van der Waals surface area contributed by atoms with Crippen LogP contribution in [-0.4, -0.2) is 76.9 Å². The molecule has 0 radical (unpaired) electrons. The molecule has 7 N–H and O–H groups in total. The molecule has 5 atom stereocenters. The summed E-state index contributed by atoms with van der Waals surface area (Å²) >= 11 is 1.46. The van der Waals surface area contributed by atoms with E-state index in [1.165, 1.54) is 18.7 Å². The summed E-state index contributed by atoms with van der Waals surface area (Å²) in [7, 11) is 0. The predicted octanol–water partition coefficient (Wildman–Crippen LogP) is 1.64.